The number of piperidine rings is 1. The zero-order chi connectivity index (χ0) is 35.7. The number of hydrogen-bond donors (Lipinski definition) is 1. The molecular weight excluding hydrogens is 637 g/mol. The number of nitrogens with one attached hydrogen (secondary N) is 1. The molecule has 3 heterocycles. The van der Waals surface area contributed by atoms with Gasteiger partial charge in [-0.15, -0.1) is 6.42 Å². The Balaban J connectivity index is 1.08. The number of hydrogen-bond acceptors (Lipinski definition) is 6. The normalized spacial score (nSPS) is 42.0. The van der Waals surface area contributed by atoms with E-state index in [1.54, 1.807) is 0 Å². The summed E-state index contributed by atoms with van der Waals surface area (Å²) in [6, 6.07) is 4.20. The molecule has 4 aliphatic carbocycles. The van der Waals surface area contributed by atoms with Crippen molar-refractivity contribution < 1.29 is 8.42 Å². The van der Waals surface area contributed by atoms with Crippen molar-refractivity contribution >= 4 is 15.7 Å². The van der Waals surface area contributed by atoms with Crippen LogP contribution in [0.3, 0.4) is 0 Å². The standard InChI is InChI=1S/C43H66N4O2S/c1-9-32-11-14-37(45-29-32)47-24-21-40(6)35(39(47,4)5)16-17-42(8)36(40)13-12-34-38-33(31(2)3)15-18-43(38,20-19-41(34,42)7)30-44-22-10-23-46-25-27-50(48,49)28-26-46/h1,11,14,29,33-36,38,44H,2,10,12-13,15-28,30H2,3-8H3/t33-,34+,35-,36+,38+,40-,41+,42+,43+/m0/s1. The van der Waals surface area contributed by atoms with Crippen molar-refractivity contribution in [2.24, 2.45) is 51.2 Å². The fourth-order valence-corrected chi connectivity index (χ4v) is 15.4. The third-order valence-corrected chi connectivity index (χ3v) is 18.5. The van der Waals surface area contributed by atoms with Crippen molar-refractivity contribution in [2.75, 3.05) is 55.7 Å². The molecule has 2 aliphatic heterocycles. The van der Waals surface area contributed by atoms with Crippen LogP contribution in [0.5, 0.6) is 0 Å². The Kier molecular flexibility index (Phi) is 9.42. The van der Waals surface area contributed by atoms with E-state index in [0.717, 1.165) is 61.7 Å². The van der Waals surface area contributed by atoms with Gasteiger partial charge in [0.2, 0.25) is 0 Å². The summed E-state index contributed by atoms with van der Waals surface area (Å²) in [6.45, 7) is 25.7. The molecule has 0 amide bonds. The Labute approximate surface area is 304 Å². The van der Waals surface area contributed by atoms with Gasteiger partial charge in [-0.2, -0.15) is 0 Å². The lowest BCUT2D eigenvalue weighted by atomic mass is 9.33. The Morgan fingerprint density at radius 1 is 0.960 bits per heavy atom. The quantitative estimate of drug-likeness (QED) is 0.171. The number of fused-ring (bicyclic) bond motifs is 7. The lowest BCUT2D eigenvalue weighted by Crippen LogP contribution is -2.70. The van der Waals surface area contributed by atoms with E-state index in [9.17, 15) is 8.42 Å². The summed E-state index contributed by atoms with van der Waals surface area (Å²) in [4.78, 5) is 9.80. The molecule has 7 heteroatoms. The molecule has 1 N–H and O–H groups in total. The number of nitrogens with zero attached hydrogens (tertiary/aromatic N) is 3. The van der Waals surface area contributed by atoms with Gasteiger partial charge >= 0.3 is 0 Å². The van der Waals surface area contributed by atoms with Crippen molar-refractivity contribution in [3.63, 3.8) is 0 Å². The van der Waals surface area contributed by atoms with Gasteiger partial charge in [-0.3, -0.25) is 0 Å². The summed E-state index contributed by atoms with van der Waals surface area (Å²) in [5.41, 5.74) is 3.68. The molecule has 50 heavy (non-hydrogen) atoms. The molecule has 0 unspecified atom stereocenters. The van der Waals surface area contributed by atoms with Gasteiger partial charge in [0.1, 0.15) is 5.82 Å². The second-order valence-electron chi connectivity index (χ2n) is 19.2. The molecule has 0 bridgehead atoms. The molecule has 0 spiro atoms. The molecule has 4 saturated carbocycles. The number of pyridine rings is 1. The largest absolute Gasteiger partial charge is 0.351 e. The summed E-state index contributed by atoms with van der Waals surface area (Å²) in [5, 5.41) is 3.99. The molecule has 2 saturated heterocycles. The van der Waals surface area contributed by atoms with Crippen LogP contribution in [-0.2, 0) is 9.84 Å². The first-order valence-electron chi connectivity index (χ1n) is 20.1. The molecule has 6 nitrogen and oxygen atoms in total. The Bertz CT molecular complexity index is 1580. The van der Waals surface area contributed by atoms with Crippen LogP contribution >= 0.6 is 0 Å². The molecule has 6 fully saturated rings. The van der Waals surface area contributed by atoms with Gasteiger partial charge in [0.15, 0.2) is 9.84 Å². The number of aromatic nitrogens is 1. The molecular formula is C43H66N4O2S. The number of allylic oxidation sites excluding steroid dienone is 1. The van der Waals surface area contributed by atoms with E-state index in [4.69, 9.17) is 11.4 Å². The number of rotatable bonds is 8. The lowest BCUT2D eigenvalue weighted by Gasteiger charge is -2.73. The second kappa shape index (κ2) is 12.9. The maximum Gasteiger partial charge on any atom is 0.152 e. The van der Waals surface area contributed by atoms with E-state index in [-0.39, 0.29) is 5.54 Å². The monoisotopic (exact) mass is 702 g/mol. The topological polar surface area (TPSA) is 65.5 Å². The van der Waals surface area contributed by atoms with Crippen molar-refractivity contribution in [3.8, 4) is 12.3 Å². The van der Waals surface area contributed by atoms with Crippen molar-refractivity contribution in [2.45, 2.75) is 111 Å². The van der Waals surface area contributed by atoms with E-state index >= 15 is 0 Å². The predicted molar refractivity (Wildman–Crippen MR) is 207 cm³/mol. The van der Waals surface area contributed by atoms with Crippen molar-refractivity contribution in [1.29, 1.82) is 0 Å². The van der Waals surface area contributed by atoms with Gasteiger partial charge in [-0.25, -0.2) is 13.4 Å². The van der Waals surface area contributed by atoms with E-state index in [1.165, 1.54) is 63.4 Å². The number of terminal acetylenes is 1. The van der Waals surface area contributed by atoms with E-state index < -0.39 is 9.84 Å². The molecule has 1 aromatic rings. The van der Waals surface area contributed by atoms with Crippen LogP contribution in [0.4, 0.5) is 5.82 Å². The van der Waals surface area contributed by atoms with Gasteiger partial charge in [0, 0.05) is 43.5 Å². The predicted octanol–water partition coefficient (Wildman–Crippen LogP) is 7.60. The maximum absolute atomic E-state index is 11.9. The average Bonchev–Trinajstić information content (AvgIpc) is 3.46. The Hall–Kier alpha value is -1.88. The fourth-order valence-electron chi connectivity index (χ4n) is 14.1. The third kappa shape index (κ3) is 5.72. The van der Waals surface area contributed by atoms with Gasteiger partial charge in [0.05, 0.1) is 11.5 Å². The first-order chi connectivity index (χ1) is 23.6. The average molecular weight is 703 g/mol. The zero-order valence-electron chi connectivity index (χ0n) is 32.2. The van der Waals surface area contributed by atoms with Crippen LogP contribution in [0, 0.1) is 63.6 Å². The van der Waals surface area contributed by atoms with Crippen molar-refractivity contribution in [3.05, 3.63) is 36.0 Å². The highest BCUT2D eigenvalue weighted by Crippen LogP contribution is 2.76. The van der Waals surface area contributed by atoms with Gasteiger partial charge in [-0.05, 0) is 161 Å². The molecule has 276 valence electrons. The summed E-state index contributed by atoms with van der Waals surface area (Å²) in [7, 11) is -2.82. The van der Waals surface area contributed by atoms with Crippen molar-refractivity contribution in [1.82, 2.24) is 15.2 Å². The number of sulfone groups is 1. The maximum atomic E-state index is 11.9. The summed E-state index contributed by atoms with van der Waals surface area (Å²) in [6.07, 6.45) is 20.5. The zero-order valence-corrected chi connectivity index (χ0v) is 33.0. The van der Waals surface area contributed by atoms with Crippen LogP contribution in [0.2, 0.25) is 0 Å². The molecule has 9 atom stereocenters. The highest BCUT2D eigenvalue weighted by molar-refractivity contribution is 7.91. The molecule has 0 aromatic carbocycles. The van der Waals surface area contributed by atoms with Crippen LogP contribution in [0.15, 0.2) is 30.5 Å². The van der Waals surface area contributed by atoms with E-state index in [2.05, 4.69) is 81.3 Å². The number of anilines is 1. The Morgan fingerprint density at radius 2 is 1.72 bits per heavy atom. The first kappa shape index (κ1) is 36.5. The highest BCUT2D eigenvalue weighted by atomic mass is 32.2. The van der Waals surface area contributed by atoms with Crippen LogP contribution < -0.4 is 10.2 Å². The summed E-state index contributed by atoms with van der Waals surface area (Å²) in [5.74, 6) is 7.95. The van der Waals surface area contributed by atoms with Crippen LogP contribution in [0.25, 0.3) is 0 Å². The molecule has 6 aliphatic rings. The first-order valence-corrected chi connectivity index (χ1v) is 21.9. The minimum Gasteiger partial charge on any atom is -0.351 e. The molecule has 0 radical (unpaired) electrons. The lowest BCUT2D eigenvalue weighted by molar-refractivity contribution is -0.227. The smallest absolute Gasteiger partial charge is 0.152 e. The summed E-state index contributed by atoms with van der Waals surface area (Å²) >= 11 is 0. The van der Waals surface area contributed by atoms with Gasteiger partial charge in [0.25, 0.3) is 0 Å². The minimum atomic E-state index is -2.82. The Morgan fingerprint density at radius 3 is 2.40 bits per heavy atom. The third-order valence-electron chi connectivity index (χ3n) is 16.9. The fraction of sp³-hybridized carbons (Fsp3) is 0.791. The van der Waals surface area contributed by atoms with Gasteiger partial charge < -0.3 is 15.1 Å². The molecule has 1 aromatic heterocycles. The SMILES string of the molecule is C#Cc1ccc(N2CC[C@]3(C)[C@H]4CC[C@@H]5[C@H]6[C@H](C(=C)C)CC[C@]6(CNCCCN6CCS(=O)(=O)CC6)CC[C@@]5(C)[C@]4(C)CC[C@H]3C2(C)C)nc1. The van der Waals surface area contributed by atoms with Gasteiger partial charge in [-0.1, -0.05) is 38.8 Å². The second-order valence-corrected chi connectivity index (χ2v) is 21.5. The summed E-state index contributed by atoms with van der Waals surface area (Å²) < 4.78 is 23.8. The molecule has 7 rings (SSSR count). The highest BCUT2D eigenvalue weighted by Gasteiger charge is 2.70. The van der Waals surface area contributed by atoms with Crippen LogP contribution in [0.1, 0.15) is 111 Å². The van der Waals surface area contributed by atoms with E-state index in [0.29, 0.717) is 58.1 Å². The minimum absolute atomic E-state index is 0.0341. The van der Waals surface area contributed by atoms with E-state index in [1.807, 2.05) is 6.20 Å². The van der Waals surface area contributed by atoms with Crippen LogP contribution in [-0.4, -0.2) is 74.6 Å².